The van der Waals surface area contributed by atoms with Gasteiger partial charge in [-0.15, -0.1) is 0 Å². The number of hydrogen-bond donors (Lipinski definition) is 1. The highest BCUT2D eigenvalue weighted by Crippen LogP contribution is 2.37. The number of hydrogen-bond acceptors (Lipinski definition) is 5. The van der Waals surface area contributed by atoms with E-state index >= 15 is 0 Å². The van der Waals surface area contributed by atoms with Gasteiger partial charge < -0.3 is 9.47 Å². The van der Waals surface area contributed by atoms with Crippen molar-refractivity contribution in [2.24, 2.45) is 5.10 Å². The van der Waals surface area contributed by atoms with Crippen molar-refractivity contribution in [3.63, 3.8) is 0 Å². The topological polar surface area (TPSA) is 77.0 Å². The molecule has 1 N–H and O–H groups in total. The summed E-state index contributed by atoms with van der Waals surface area (Å²) >= 11 is 12.6. The lowest BCUT2D eigenvalue weighted by Crippen LogP contribution is -2.18. The summed E-state index contributed by atoms with van der Waals surface area (Å²) in [5, 5.41) is 4.74. The molecule has 6 nitrogen and oxygen atoms in total. The number of aryl methyl sites for hydroxylation is 1. The van der Waals surface area contributed by atoms with Crippen LogP contribution in [0.4, 0.5) is 0 Å². The van der Waals surface area contributed by atoms with Crippen molar-refractivity contribution in [1.29, 1.82) is 0 Å². The van der Waals surface area contributed by atoms with Crippen LogP contribution in [0.1, 0.15) is 23.6 Å². The van der Waals surface area contributed by atoms with Crippen molar-refractivity contribution in [3.8, 4) is 11.5 Å². The van der Waals surface area contributed by atoms with Crippen molar-refractivity contribution >= 4 is 39.4 Å². The molecule has 32 heavy (non-hydrogen) atoms. The number of benzene rings is 3. The van der Waals surface area contributed by atoms with Gasteiger partial charge in [-0.1, -0.05) is 59.1 Å². The van der Waals surface area contributed by atoms with Gasteiger partial charge in [-0.3, -0.25) is 0 Å². The molecule has 0 fully saturated rings. The third-order valence-corrected chi connectivity index (χ3v) is 6.27. The minimum absolute atomic E-state index is 0.122. The van der Waals surface area contributed by atoms with E-state index in [4.69, 9.17) is 32.7 Å². The lowest BCUT2D eigenvalue weighted by Gasteiger charge is -2.15. The fourth-order valence-electron chi connectivity index (χ4n) is 2.77. The zero-order valence-corrected chi connectivity index (χ0v) is 19.8. The van der Waals surface area contributed by atoms with Crippen molar-refractivity contribution in [2.45, 2.75) is 25.3 Å². The van der Waals surface area contributed by atoms with Crippen LogP contribution >= 0.6 is 23.2 Å². The molecule has 0 saturated carbocycles. The van der Waals surface area contributed by atoms with E-state index < -0.39 is 10.0 Å². The second-order valence-corrected chi connectivity index (χ2v) is 9.28. The van der Waals surface area contributed by atoms with Crippen molar-refractivity contribution in [2.75, 3.05) is 6.61 Å². The molecule has 0 aliphatic heterocycles. The lowest BCUT2D eigenvalue weighted by atomic mass is 10.2. The second-order valence-electron chi connectivity index (χ2n) is 6.81. The Morgan fingerprint density at radius 3 is 2.41 bits per heavy atom. The Bertz CT molecular complexity index is 1210. The van der Waals surface area contributed by atoms with E-state index in [-0.39, 0.29) is 11.5 Å². The first-order valence-corrected chi connectivity index (χ1v) is 12.0. The zero-order chi connectivity index (χ0) is 23.1. The number of ether oxygens (including phenoxy) is 2. The molecule has 0 aliphatic rings. The van der Waals surface area contributed by atoms with E-state index in [1.165, 1.54) is 18.3 Å². The second kappa shape index (κ2) is 10.7. The van der Waals surface area contributed by atoms with Crippen LogP contribution < -0.4 is 14.3 Å². The highest BCUT2D eigenvalue weighted by Gasteiger charge is 2.14. The standard InChI is InChI=1S/C23H22Cl2N2O4S/c1-3-30-22-13-17(14-26-27-32(28,29)19-10-8-16(2)9-11-19)12-21(25)23(22)31-15-18-6-4-5-7-20(18)24/h4-14,27H,3,15H2,1-2H3/b26-14-. The summed E-state index contributed by atoms with van der Waals surface area (Å²) in [5.74, 6) is 0.778. The van der Waals surface area contributed by atoms with Crippen molar-refractivity contribution in [1.82, 2.24) is 4.83 Å². The number of halogens is 2. The minimum atomic E-state index is -3.78. The largest absolute Gasteiger partial charge is 0.490 e. The van der Waals surface area contributed by atoms with Crippen LogP contribution in [-0.4, -0.2) is 21.2 Å². The Hall–Kier alpha value is -2.74. The monoisotopic (exact) mass is 492 g/mol. The summed E-state index contributed by atoms with van der Waals surface area (Å²) in [6, 6.07) is 17.1. The molecule has 168 valence electrons. The highest BCUT2D eigenvalue weighted by atomic mass is 35.5. The molecule has 0 unspecified atom stereocenters. The summed E-state index contributed by atoms with van der Waals surface area (Å²) in [4.78, 5) is 2.32. The Morgan fingerprint density at radius 1 is 1.00 bits per heavy atom. The van der Waals surface area contributed by atoms with E-state index in [0.717, 1.165) is 11.1 Å². The fourth-order valence-corrected chi connectivity index (χ4v) is 4.03. The molecule has 0 spiro atoms. The van der Waals surface area contributed by atoms with Crippen LogP contribution in [0.25, 0.3) is 0 Å². The average Bonchev–Trinajstić information content (AvgIpc) is 2.75. The molecule has 3 aromatic rings. The first kappa shape index (κ1) is 23.9. The first-order valence-electron chi connectivity index (χ1n) is 9.74. The summed E-state index contributed by atoms with van der Waals surface area (Å²) in [6.45, 7) is 4.31. The molecule has 0 bridgehead atoms. The average molecular weight is 493 g/mol. The van der Waals surface area contributed by atoms with Crippen molar-refractivity contribution < 1.29 is 17.9 Å². The maximum atomic E-state index is 12.4. The molecule has 9 heteroatoms. The number of nitrogens with zero attached hydrogens (tertiary/aromatic N) is 1. The van der Waals surface area contributed by atoms with Gasteiger partial charge in [0.25, 0.3) is 10.0 Å². The smallest absolute Gasteiger partial charge is 0.276 e. The molecule has 0 aromatic heterocycles. The normalized spacial score (nSPS) is 11.5. The maximum Gasteiger partial charge on any atom is 0.276 e. The number of rotatable bonds is 9. The van der Waals surface area contributed by atoms with Gasteiger partial charge in [-0.05, 0) is 49.7 Å². The molecular formula is C23H22Cl2N2O4S. The third kappa shape index (κ3) is 6.16. The number of hydrazone groups is 1. The van der Waals surface area contributed by atoms with E-state index in [1.54, 1.807) is 30.3 Å². The summed E-state index contributed by atoms with van der Waals surface area (Å²) < 4.78 is 36.3. The van der Waals surface area contributed by atoms with Gasteiger partial charge in [0.15, 0.2) is 11.5 Å². The molecule has 0 saturated heterocycles. The van der Waals surface area contributed by atoms with Crippen LogP contribution in [0.15, 0.2) is 70.7 Å². The van der Waals surface area contributed by atoms with Crippen LogP contribution in [-0.2, 0) is 16.6 Å². The zero-order valence-electron chi connectivity index (χ0n) is 17.5. The molecular weight excluding hydrogens is 471 g/mol. The van der Waals surface area contributed by atoms with Gasteiger partial charge in [0.1, 0.15) is 6.61 Å². The Labute approximate surface area is 197 Å². The summed E-state index contributed by atoms with van der Waals surface area (Å²) in [6.07, 6.45) is 1.35. The van der Waals surface area contributed by atoms with E-state index in [9.17, 15) is 8.42 Å². The Morgan fingerprint density at radius 2 is 1.72 bits per heavy atom. The van der Waals surface area contributed by atoms with Gasteiger partial charge >= 0.3 is 0 Å². The quantitative estimate of drug-likeness (QED) is 0.311. The molecule has 3 aromatic carbocycles. The first-order chi connectivity index (χ1) is 15.3. The van der Waals surface area contributed by atoms with Crippen LogP contribution in [0.3, 0.4) is 0 Å². The Kier molecular flexibility index (Phi) is 8.01. The molecule has 0 aliphatic carbocycles. The van der Waals surface area contributed by atoms with Crippen molar-refractivity contribution in [3.05, 3.63) is 87.4 Å². The summed E-state index contributed by atoms with van der Waals surface area (Å²) in [7, 11) is -3.78. The molecule has 0 heterocycles. The minimum Gasteiger partial charge on any atom is -0.490 e. The number of nitrogens with one attached hydrogen (secondary N) is 1. The number of sulfonamides is 1. The fraction of sp³-hybridized carbons (Fsp3) is 0.174. The molecule has 0 atom stereocenters. The highest BCUT2D eigenvalue weighted by molar-refractivity contribution is 7.89. The van der Waals surface area contributed by atoms with E-state index in [2.05, 4.69) is 9.93 Å². The van der Waals surface area contributed by atoms with Crippen LogP contribution in [0, 0.1) is 6.92 Å². The van der Waals surface area contributed by atoms with E-state index in [1.807, 2.05) is 32.0 Å². The predicted molar refractivity (Wildman–Crippen MR) is 127 cm³/mol. The van der Waals surface area contributed by atoms with Gasteiger partial charge in [0, 0.05) is 10.6 Å². The predicted octanol–water partition coefficient (Wildman–Crippen LogP) is 5.59. The Balaban J connectivity index is 1.77. The van der Waals surface area contributed by atoms with Gasteiger partial charge in [-0.2, -0.15) is 13.5 Å². The lowest BCUT2D eigenvalue weighted by molar-refractivity contribution is 0.269. The molecule has 0 radical (unpaired) electrons. The van der Waals surface area contributed by atoms with E-state index in [0.29, 0.717) is 33.7 Å². The molecule has 0 amide bonds. The maximum absolute atomic E-state index is 12.4. The van der Waals surface area contributed by atoms with Gasteiger partial charge in [0.2, 0.25) is 0 Å². The third-order valence-electron chi connectivity index (χ3n) is 4.38. The van der Waals surface area contributed by atoms with Gasteiger partial charge in [0.05, 0.1) is 22.7 Å². The van der Waals surface area contributed by atoms with Gasteiger partial charge in [-0.25, -0.2) is 4.83 Å². The SMILES string of the molecule is CCOc1cc(/C=N\NS(=O)(=O)c2ccc(C)cc2)cc(Cl)c1OCc1ccccc1Cl. The summed E-state index contributed by atoms with van der Waals surface area (Å²) in [5.41, 5.74) is 2.31. The van der Waals surface area contributed by atoms with Crippen LogP contribution in [0.2, 0.25) is 10.0 Å². The molecule has 3 rings (SSSR count). The van der Waals surface area contributed by atoms with Crippen LogP contribution in [0.5, 0.6) is 11.5 Å².